The maximum absolute atomic E-state index is 14.2. The Labute approximate surface area is 166 Å². The number of H-pyrrole nitrogens is 2. The Balaban J connectivity index is 1.62. The SMILES string of the molecule is O=c1[nH]c(=O)c(Cc2cccc(F)c2F)c([C@H]2CC[C@H](c3ccccc3)CC2)[nH]1. The molecular formula is C23H22F2N2O2. The molecule has 2 aromatic carbocycles. The summed E-state index contributed by atoms with van der Waals surface area (Å²) in [5.41, 5.74) is 1.14. The van der Waals surface area contributed by atoms with Gasteiger partial charge in [0.05, 0.1) is 0 Å². The first-order valence-corrected chi connectivity index (χ1v) is 9.86. The summed E-state index contributed by atoms with van der Waals surface area (Å²) in [6, 6.07) is 14.2. The Hall–Kier alpha value is -3.02. The zero-order chi connectivity index (χ0) is 20.4. The minimum atomic E-state index is -0.961. The fraction of sp³-hybridized carbons (Fsp3) is 0.304. The fourth-order valence-electron chi connectivity index (χ4n) is 4.37. The van der Waals surface area contributed by atoms with Gasteiger partial charge in [-0.2, -0.15) is 0 Å². The van der Waals surface area contributed by atoms with Crippen LogP contribution in [-0.2, 0) is 6.42 Å². The van der Waals surface area contributed by atoms with Gasteiger partial charge < -0.3 is 4.98 Å². The number of rotatable bonds is 4. The van der Waals surface area contributed by atoms with Crippen molar-refractivity contribution >= 4 is 0 Å². The molecule has 1 aromatic heterocycles. The summed E-state index contributed by atoms with van der Waals surface area (Å²) >= 11 is 0. The summed E-state index contributed by atoms with van der Waals surface area (Å²) < 4.78 is 27.7. The molecule has 4 rings (SSSR count). The largest absolute Gasteiger partial charge is 0.325 e. The van der Waals surface area contributed by atoms with Gasteiger partial charge in [-0.25, -0.2) is 13.6 Å². The normalized spacial score (nSPS) is 19.2. The minimum absolute atomic E-state index is 0.0107. The summed E-state index contributed by atoms with van der Waals surface area (Å²) in [6.45, 7) is 0. The third-order valence-corrected chi connectivity index (χ3v) is 5.88. The van der Waals surface area contributed by atoms with Crippen molar-refractivity contribution in [3.8, 4) is 0 Å². The molecule has 0 saturated heterocycles. The van der Waals surface area contributed by atoms with Crippen LogP contribution in [0.2, 0.25) is 0 Å². The number of halogens is 2. The topological polar surface area (TPSA) is 65.7 Å². The number of benzene rings is 2. The van der Waals surface area contributed by atoms with E-state index in [-0.39, 0.29) is 17.9 Å². The molecule has 1 heterocycles. The molecular weight excluding hydrogens is 374 g/mol. The van der Waals surface area contributed by atoms with E-state index >= 15 is 0 Å². The number of hydrogen-bond acceptors (Lipinski definition) is 2. The van der Waals surface area contributed by atoms with Gasteiger partial charge in [0.15, 0.2) is 11.6 Å². The van der Waals surface area contributed by atoms with Gasteiger partial charge in [-0.3, -0.25) is 9.78 Å². The summed E-state index contributed by atoms with van der Waals surface area (Å²) in [4.78, 5) is 29.4. The molecule has 29 heavy (non-hydrogen) atoms. The van der Waals surface area contributed by atoms with E-state index < -0.39 is 22.9 Å². The quantitative estimate of drug-likeness (QED) is 0.688. The molecule has 1 aliphatic carbocycles. The highest BCUT2D eigenvalue weighted by Gasteiger charge is 2.27. The van der Waals surface area contributed by atoms with E-state index in [1.165, 1.54) is 17.7 Å². The van der Waals surface area contributed by atoms with Crippen LogP contribution in [0.4, 0.5) is 8.78 Å². The smallest absolute Gasteiger partial charge is 0.311 e. The van der Waals surface area contributed by atoms with Crippen LogP contribution >= 0.6 is 0 Å². The molecule has 0 aliphatic heterocycles. The lowest BCUT2D eigenvalue weighted by atomic mass is 9.76. The first kappa shape index (κ1) is 19.3. The van der Waals surface area contributed by atoms with E-state index in [1.807, 2.05) is 18.2 Å². The van der Waals surface area contributed by atoms with Gasteiger partial charge in [-0.1, -0.05) is 42.5 Å². The van der Waals surface area contributed by atoms with Crippen LogP contribution in [-0.4, -0.2) is 9.97 Å². The molecule has 6 heteroatoms. The van der Waals surface area contributed by atoms with Crippen molar-refractivity contribution in [1.82, 2.24) is 9.97 Å². The monoisotopic (exact) mass is 396 g/mol. The lowest BCUT2D eigenvalue weighted by Gasteiger charge is -2.29. The van der Waals surface area contributed by atoms with E-state index in [0.29, 0.717) is 17.2 Å². The molecule has 150 valence electrons. The predicted molar refractivity (Wildman–Crippen MR) is 107 cm³/mol. The van der Waals surface area contributed by atoms with E-state index in [0.717, 1.165) is 31.7 Å². The Morgan fingerprint density at radius 3 is 2.24 bits per heavy atom. The highest BCUT2D eigenvalue weighted by molar-refractivity contribution is 5.31. The molecule has 2 N–H and O–H groups in total. The molecule has 4 nitrogen and oxygen atoms in total. The summed E-state index contributed by atoms with van der Waals surface area (Å²) in [7, 11) is 0. The molecule has 0 bridgehead atoms. The number of hydrogen-bond donors (Lipinski definition) is 2. The van der Waals surface area contributed by atoms with E-state index in [1.54, 1.807) is 0 Å². The zero-order valence-electron chi connectivity index (χ0n) is 15.9. The second-order valence-electron chi connectivity index (χ2n) is 7.65. The van der Waals surface area contributed by atoms with Gasteiger partial charge in [0.1, 0.15) is 0 Å². The second kappa shape index (κ2) is 8.15. The second-order valence-corrected chi connectivity index (χ2v) is 7.65. The first-order chi connectivity index (χ1) is 14.0. The zero-order valence-corrected chi connectivity index (χ0v) is 15.9. The van der Waals surface area contributed by atoms with Crippen molar-refractivity contribution in [2.75, 3.05) is 0 Å². The average Bonchev–Trinajstić information content (AvgIpc) is 2.73. The molecule has 1 aliphatic rings. The molecule has 0 spiro atoms. The van der Waals surface area contributed by atoms with Crippen LogP contribution in [0.1, 0.15) is 59.9 Å². The number of aromatic amines is 2. The van der Waals surface area contributed by atoms with Crippen LogP contribution in [0.5, 0.6) is 0 Å². The highest BCUT2D eigenvalue weighted by Crippen LogP contribution is 2.40. The van der Waals surface area contributed by atoms with Crippen molar-refractivity contribution in [1.29, 1.82) is 0 Å². The van der Waals surface area contributed by atoms with Gasteiger partial charge in [0.2, 0.25) is 0 Å². The van der Waals surface area contributed by atoms with E-state index in [2.05, 4.69) is 22.1 Å². The highest BCUT2D eigenvalue weighted by atomic mass is 19.2. The molecule has 3 aromatic rings. The average molecular weight is 396 g/mol. The maximum Gasteiger partial charge on any atom is 0.325 e. The number of aromatic nitrogens is 2. The molecule has 0 radical (unpaired) electrons. The van der Waals surface area contributed by atoms with Gasteiger partial charge in [0, 0.05) is 17.7 Å². The first-order valence-electron chi connectivity index (χ1n) is 9.86. The third kappa shape index (κ3) is 4.06. The van der Waals surface area contributed by atoms with E-state index in [9.17, 15) is 18.4 Å². The van der Waals surface area contributed by atoms with Crippen LogP contribution in [0.25, 0.3) is 0 Å². The third-order valence-electron chi connectivity index (χ3n) is 5.88. The van der Waals surface area contributed by atoms with Crippen molar-refractivity contribution in [3.63, 3.8) is 0 Å². The minimum Gasteiger partial charge on any atom is -0.311 e. The van der Waals surface area contributed by atoms with Crippen LogP contribution in [0.3, 0.4) is 0 Å². The van der Waals surface area contributed by atoms with Crippen molar-refractivity contribution in [2.24, 2.45) is 0 Å². The summed E-state index contributed by atoms with van der Waals surface area (Å²) in [5.74, 6) is -1.45. The standard InChI is InChI=1S/C23H22F2N2O2/c24-19-8-4-7-17(20(19)25)13-18-21(26-23(29)27-22(18)28)16-11-9-15(10-12-16)14-5-2-1-3-6-14/h1-8,15-16H,9-13H2,(H2,26,27,28,29)/t15-,16-. The van der Waals surface area contributed by atoms with Crippen molar-refractivity contribution < 1.29 is 8.78 Å². The molecule has 0 amide bonds. The Kier molecular flexibility index (Phi) is 5.43. The summed E-state index contributed by atoms with van der Waals surface area (Å²) in [5, 5.41) is 0. The van der Waals surface area contributed by atoms with Gasteiger partial charge in [0.25, 0.3) is 5.56 Å². The van der Waals surface area contributed by atoms with Gasteiger partial charge in [-0.15, -0.1) is 0 Å². The van der Waals surface area contributed by atoms with Crippen LogP contribution in [0.15, 0.2) is 58.1 Å². The molecule has 0 atom stereocenters. The molecule has 1 fully saturated rings. The van der Waals surface area contributed by atoms with Crippen molar-refractivity contribution in [3.05, 3.63) is 103 Å². The lowest BCUT2D eigenvalue weighted by Crippen LogP contribution is -2.30. The molecule has 1 saturated carbocycles. The fourth-order valence-corrected chi connectivity index (χ4v) is 4.37. The number of nitrogens with one attached hydrogen (secondary N) is 2. The van der Waals surface area contributed by atoms with Gasteiger partial charge >= 0.3 is 5.69 Å². The maximum atomic E-state index is 14.2. The Morgan fingerprint density at radius 1 is 0.828 bits per heavy atom. The summed E-state index contributed by atoms with van der Waals surface area (Å²) in [6.07, 6.45) is 3.45. The van der Waals surface area contributed by atoms with E-state index in [4.69, 9.17) is 0 Å². The van der Waals surface area contributed by atoms with Gasteiger partial charge in [-0.05, 0) is 54.7 Å². The Morgan fingerprint density at radius 2 is 1.52 bits per heavy atom. The molecule has 0 unspecified atom stereocenters. The Bertz CT molecular complexity index is 1110. The van der Waals surface area contributed by atoms with Crippen LogP contribution in [0, 0.1) is 11.6 Å². The van der Waals surface area contributed by atoms with Crippen molar-refractivity contribution in [2.45, 2.75) is 43.9 Å². The lowest BCUT2D eigenvalue weighted by molar-refractivity contribution is 0.388. The predicted octanol–water partition coefficient (Wildman–Crippen LogP) is 4.37. The van der Waals surface area contributed by atoms with Crippen LogP contribution < -0.4 is 11.2 Å².